The van der Waals surface area contributed by atoms with Crippen LogP contribution < -0.4 is 0 Å². The summed E-state index contributed by atoms with van der Waals surface area (Å²) < 4.78 is 23.0. The van der Waals surface area contributed by atoms with E-state index in [9.17, 15) is 13.2 Å². The van der Waals surface area contributed by atoms with Gasteiger partial charge in [-0.3, -0.25) is 9.69 Å². The molecule has 1 amide bonds. The molecule has 2 saturated heterocycles. The summed E-state index contributed by atoms with van der Waals surface area (Å²) in [7, 11) is -1.20. The summed E-state index contributed by atoms with van der Waals surface area (Å²) in [5.41, 5.74) is 0. The van der Waals surface area contributed by atoms with Gasteiger partial charge in [-0.05, 0) is 32.2 Å². The van der Waals surface area contributed by atoms with E-state index in [1.807, 2.05) is 6.92 Å². The van der Waals surface area contributed by atoms with Gasteiger partial charge in [0.15, 0.2) is 9.84 Å². The van der Waals surface area contributed by atoms with Crippen LogP contribution in [0.4, 0.5) is 0 Å². The lowest BCUT2D eigenvalue weighted by molar-refractivity contribution is -0.136. The van der Waals surface area contributed by atoms with Gasteiger partial charge in [-0.1, -0.05) is 6.92 Å². The largest absolute Gasteiger partial charge is 0.340 e. The number of hydrogen-bond acceptors (Lipinski definition) is 4. The number of sulfone groups is 1. The smallest absolute Gasteiger partial charge is 0.239 e. The minimum absolute atomic E-state index is 0.0520. The first-order valence-corrected chi connectivity index (χ1v) is 8.83. The molecular formula is C13H24N2O3S. The molecule has 6 heteroatoms. The highest BCUT2D eigenvalue weighted by molar-refractivity contribution is 7.91. The molecule has 2 fully saturated rings. The maximum absolute atomic E-state index is 12.4. The van der Waals surface area contributed by atoms with E-state index in [0.717, 1.165) is 19.5 Å². The van der Waals surface area contributed by atoms with Crippen LogP contribution in [0.15, 0.2) is 0 Å². The second-order valence-corrected chi connectivity index (χ2v) is 8.30. The Balaban J connectivity index is 1.95. The molecule has 0 aromatic carbocycles. The van der Waals surface area contributed by atoms with E-state index in [0.29, 0.717) is 12.3 Å². The van der Waals surface area contributed by atoms with Gasteiger partial charge in [0.25, 0.3) is 0 Å². The maximum Gasteiger partial charge on any atom is 0.239 e. The number of rotatable bonds is 3. The van der Waals surface area contributed by atoms with Gasteiger partial charge in [0, 0.05) is 19.6 Å². The van der Waals surface area contributed by atoms with Crippen LogP contribution in [0.5, 0.6) is 0 Å². The van der Waals surface area contributed by atoms with Crippen LogP contribution in [0.3, 0.4) is 0 Å². The highest BCUT2D eigenvalue weighted by Gasteiger charge is 2.36. The predicted molar refractivity (Wildman–Crippen MR) is 74.6 cm³/mol. The van der Waals surface area contributed by atoms with E-state index >= 15 is 0 Å². The van der Waals surface area contributed by atoms with Gasteiger partial charge in [0.1, 0.15) is 0 Å². The zero-order valence-corrected chi connectivity index (χ0v) is 12.8. The highest BCUT2D eigenvalue weighted by atomic mass is 32.2. The number of amides is 1. The first-order chi connectivity index (χ1) is 8.80. The Hall–Kier alpha value is -0.620. The van der Waals surface area contributed by atoms with Crippen LogP contribution in [0, 0.1) is 5.92 Å². The van der Waals surface area contributed by atoms with Crippen LogP contribution in [0.25, 0.3) is 0 Å². The molecule has 110 valence electrons. The van der Waals surface area contributed by atoms with Crippen molar-refractivity contribution in [2.75, 3.05) is 31.6 Å². The summed E-state index contributed by atoms with van der Waals surface area (Å²) >= 11 is 0. The lowest BCUT2D eigenvalue weighted by atomic mass is 10.1. The Bertz CT molecular complexity index is 449. The second kappa shape index (κ2) is 5.40. The molecule has 19 heavy (non-hydrogen) atoms. The third kappa shape index (κ3) is 3.28. The number of nitrogens with zero attached hydrogens (tertiary/aromatic N) is 2. The zero-order chi connectivity index (χ0) is 14.2. The van der Waals surface area contributed by atoms with Crippen molar-refractivity contribution in [2.45, 2.75) is 38.8 Å². The van der Waals surface area contributed by atoms with Crippen LogP contribution in [-0.4, -0.2) is 67.9 Å². The quantitative estimate of drug-likeness (QED) is 0.752. The predicted octanol–water partition coefficient (Wildman–Crippen LogP) is 0.362. The molecule has 2 heterocycles. The average molecular weight is 288 g/mol. The van der Waals surface area contributed by atoms with Gasteiger partial charge < -0.3 is 4.90 Å². The van der Waals surface area contributed by atoms with Crippen LogP contribution in [-0.2, 0) is 14.6 Å². The van der Waals surface area contributed by atoms with Crippen LogP contribution in [0.2, 0.25) is 0 Å². The maximum atomic E-state index is 12.4. The fourth-order valence-corrected chi connectivity index (χ4v) is 4.81. The van der Waals surface area contributed by atoms with Gasteiger partial charge in [-0.15, -0.1) is 0 Å². The molecule has 0 spiro atoms. The van der Waals surface area contributed by atoms with Gasteiger partial charge in [0.05, 0.1) is 17.5 Å². The normalized spacial score (nSPS) is 32.4. The van der Waals surface area contributed by atoms with E-state index in [2.05, 4.69) is 11.8 Å². The van der Waals surface area contributed by atoms with E-state index in [-0.39, 0.29) is 29.5 Å². The topological polar surface area (TPSA) is 57.7 Å². The lowest BCUT2D eigenvalue weighted by Gasteiger charge is -2.31. The molecule has 0 saturated carbocycles. The first-order valence-electron chi connectivity index (χ1n) is 7.01. The third-order valence-corrected chi connectivity index (χ3v) is 6.21. The summed E-state index contributed by atoms with van der Waals surface area (Å²) in [6.07, 6.45) is 1.72. The van der Waals surface area contributed by atoms with Crippen molar-refractivity contribution in [2.24, 2.45) is 5.92 Å². The summed E-state index contributed by atoms with van der Waals surface area (Å²) in [6.45, 7) is 6.05. The molecule has 5 nitrogen and oxygen atoms in total. The van der Waals surface area contributed by atoms with Crippen molar-refractivity contribution in [3.8, 4) is 0 Å². The molecule has 2 aliphatic rings. The molecule has 0 radical (unpaired) electrons. The molecule has 0 aliphatic carbocycles. The number of likely N-dealkylation sites (N-methyl/N-ethyl adjacent to an activating group) is 1. The number of carbonyl (C=O) groups is 1. The van der Waals surface area contributed by atoms with Crippen molar-refractivity contribution < 1.29 is 13.2 Å². The molecule has 0 bridgehead atoms. The SMILES string of the molecule is C[C@@H]1CCN([C@H](C)C(=O)N(C)[C@@H]2CCS(=O)(=O)C2)C1. The number of likely N-dealkylation sites (tertiary alicyclic amines) is 1. The van der Waals surface area contributed by atoms with Crippen LogP contribution >= 0.6 is 0 Å². The van der Waals surface area contributed by atoms with Gasteiger partial charge in [-0.2, -0.15) is 0 Å². The van der Waals surface area contributed by atoms with Crippen LogP contribution in [0.1, 0.15) is 26.7 Å². The van der Waals surface area contributed by atoms with E-state index in [1.54, 1.807) is 11.9 Å². The van der Waals surface area contributed by atoms with E-state index in [4.69, 9.17) is 0 Å². The van der Waals surface area contributed by atoms with Gasteiger partial charge >= 0.3 is 0 Å². The average Bonchev–Trinajstić information content (AvgIpc) is 2.92. The van der Waals surface area contributed by atoms with Gasteiger partial charge in [-0.25, -0.2) is 8.42 Å². The minimum Gasteiger partial charge on any atom is -0.340 e. The van der Waals surface area contributed by atoms with Crippen molar-refractivity contribution in [1.82, 2.24) is 9.80 Å². The van der Waals surface area contributed by atoms with Crippen molar-refractivity contribution >= 4 is 15.7 Å². The summed E-state index contributed by atoms with van der Waals surface area (Å²) in [4.78, 5) is 16.3. The summed E-state index contributed by atoms with van der Waals surface area (Å²) in [5, 5.41) is 0. The van der Waals surface area contributed by atoms with Crippen molar-refractivity contribution in [3.05, 3.63) is 0 Å². The second-order valence-electron chi connectivity index (χ2n) is 6.07. The van der Waals surface area contributed by atoms with Gasteiger partial charge in [0.2, 0.25) is 5.91 Å². The Morgan fingerprint density at radius 1 is 1.37 bits per heavy atom. The monoisotopic (exact) mass is 288 g/mol. The molecule has 0 aromatic heterocycles. The fraction of sp³-hybridized carbons (Fsp3) is 0.923. The molecule has 0 N–H and O–H groups in total. The minimum atomic E-state index is -2.94. The molecule has 2 aliphatic heterocycles. The Morgan fingerprint density at radius 2 is 2.05 bits per heavy atom. The lowest BCUT2D eigenvalue weighted by Crippen LogP contribution is -2.48. The Morgan fingerprint density at radius 3 is 2.53 bits per heavy atom. The molecule has 3 atom stereocenters. The Kier molecular flexibility index (Phi) is 4.20. The highest BCUT2D eigenvalue weighted by Crippen LogP contribution is 2.21. The first kappa shape index (κ1) is 14.8. The fourth-order valence-electron chi connectivity index (χ4n) is 3.03. The molecule has 0 unspecified atom stereocenters. The third-order valence-electron chi connectivity index (χ3n) is 4.46. The molecular weight excluding hydrogens is 264 g/mol. The molecule has 2 rings (SSSR count). The number of hydrogen-bond donors (Lipinski definition) is 0. The number of carbonyl (C=O) groups excluding carboxylic acids is 1. The Labute approximate surface area is 115 Å². The molecule has 0 aromatic rings. The van der Waals surface area contributed by atoms with Crippen molar-refractivity contribution in [3.63, 3.8) is 0 Å². The van der Waals surface area contributed by atoms with E-state index in [1.165, 1.54) is 0 Å². The standard InChI is InChI=1S/C13H24N2O3S/c1-10-4-6-15(8-10)11(2)13(16)14(3)12-5-7-19(17,18)9-12/h10-12H,4-9H2,1-3H3/t10-,11-,12-/m1/s1. The van der Waals surface area contributed by atoms with E-state index < -0.39 is 9.84 Å². The van der Waals surface area contributed by atoms with Crippen molar-refractivity contribution in [1.29, 1.82) is 0 Å². The zero-order valence-electron chi connectivity index (χ0n) is 12.0. The summed E-state index contributed by atoms with van der Waals surface area (Å²) in [6, 6.07) is -0.279. The summed E-state index contributed by atoms with van der Waals surface area (Å²) in [5.74, 6) is 1.03.